The smallest absolute Gasteiger partial charge is 0.120 e. The van der Waals surface area contributed by atoms with Crippen LogP contribution in [0.4, 0.5) is 0 Å². The highest BCUT2D eigenvalue weighted by Crippen LogP contribution is 2.17. The topological polar surface area (TPSA) is 30.0 Å². The molecule has 1 aromatic heterocycles. The SMILES string of the molecule is O=CCCCc1ccnc2ccccc12. The Balaban J connectivity index is 2.30. The number of carbonyl (C=O) groups is 1. The Morgan fingerprint density at radius 1 is 1.20 bits per heavy atom. The van der Waals surface area contributed by atoms with E-state index in [1.807, 2.05) is 30.5 Å². The van der Waals surface area contributed by atoms with Gasteiger partial charge < -0.3 is 4.79 Å². The van der Waals surface area contributed by atoms with Gasteiger partial charge in [0.25, 0.3) is 0 Å². The largest absolute Gasteiger partial charge is 0.303 e. The molecule has 0 saturated heterocycles. The lowest BCUT2D eigenvalue weighted by Crippen LogP contribution is -1.89. The number of aldehydes is 1. The number of hydrogen-bond donors (Lipinski definition) is 0. The highest BCUT2D eigenvalue weighted by atomic mass is 16.1. The number of unbranched alkanes of at least 4 members (excludes halogenated alkanes) is 1. The van der Waals surface area contributed by atoms with E-state index >= 15 is 0 Å². The van der Waals surface area contributed by atoms with Gasteiger partial charge in [-0.1, -0.05) is 18.2 Å². The van der Waals surface area contributed by atoms with E-state index in [2.05, 4.69) is 11.1 Å². The van der Waals surface area contributed by atoms with Crippen LogP contribution in [0, 0.1) is 0 Å². The first-order chi connectivity index (χ1) is 7.42. The molecule has 15 heavy (non-hydrogen) atoms. The lowest BCUT2D eigenvalue weighted by atomic mass is 10.0. The second-order valence-electron chi connectivity index (χ2n) is 3.55. The number of pyridine rings is 1. The first-order valence-electron chi connectivity index (χ1n) is 5.18. The molecule has 0 atom stereocenters. The second-order valence-corrected chi connectivity index (χ2v) is 3.55. The number of aryl methyl sites for hydroxylation is 1. The van der Waals surface area contributed by atoms with Crippen molar-refractivity contribution in [2.75, 3.05) is 0 Å². The molecule has 76 valence electrons. The van der Waals surface area contributed by atoms with E-state index in [4.69, 9.17) is 0 Å². The van der Waals surface area contributed by atoms with E-state index < -0.39 is 0 Å². The summed E-state index contributed by atoms with van der Waals surface area (Å²) >= 11 is 0. The fourth-order valence-electron chi connectivity index (χ4n) is 1.75. The quantitative estimate of drug-likeness (QED) is 0.559. The van der Waals surface area contributed by atoms with Crippen LogP contribution in [0.1, 0.15) is 18.4 Å². The van der Waals surface area contributed by atoms with Crippen molar-refractivity contribution in [3.8, 4) is 0 Å². The first-order valence-corrected chi connectivity index (χ1v) is 5.18. The predicted octanol–water partition coefficient (Wildman–Crippen LogP) is 2.76. The normalized spacial score (nSPS) is 10.4. The van der Waals surface area contributed by atoms with Gasteiger partial charge in [0.15, 0.2) is 0 Å². The van der Waals surface area contributed by atoms with Crippen LogP contribution in [0.15, 0.2) is 36.5 Å². The zero-order valence-electron chi connectivity index (χ0n) is 8.52. The molecule has 0 unspecified atom stereocenters. The molecule has 0 aliphatic heterocycles. The lowest BCUT2D eigenvalue weighted by Gasteiger charge is -2.04. The molecule has 0 fully saturated rings. The maximum atomic E-state index is 10.2. The average molecular weight is 199 g/mol. The van der Waals surface area contributed by atoms with E-state index in [0.717, 1.165) is 24.6 Å². The average Bonchev–Trinajstić information content (AvgIpc) is 2.30. The third-order valence-electron chi connectivity index (χ3n) is 2.51. The number of para-hydroxylation sites is 1. The van der Waals surface area contributed by atoms with Crippen LogP contribution in [0.5, 0.6) is 0 Å². The number of fused-ring (bicyclic) bond motifs is 1. The number of nitrogens with zero attached hydrogens (tertiary/aromatic N) is 1. The molecule has 0 aliphatic rings. The van der Waals surface area contributed by atoms with Gasteiger partial charge in [0.2, 0.25) is 0 Å². The fraction of sp³-hybridized carbons (Fsp3) is 0.231. The summed E-state index contributed by atoms with van der Waals surface area (Å²) < 4.78 is 0. The summed E-state index contributed by atoms with van der Waals surface area (Å²) in [6, 6.07) is 10.1. The Hall–Kier alpha value is -1.70. The minimum absolute atomic E-state index is 0.636. The minimum atomic E-state index is 0.636. The van der Waals surface area contributed by atoms with Gasteiger partial charge in [0.1, 0.15) is 6.29 Å². The number of aromatic nitrogens is 1. The molecule has 0 spiro atoms. The van der Waals surface area contributed by atoms with Gasteiger partial charge in [0, 0.05) is 18.0 Å². The number of benzene rings is 1. The van der Waals surface area contributed by atoms with Crippen LogP contribution >= 0.6 is 0 Å². The molecule has 1 heterocycles. The van der Waals surface area contributed by atoms with E-state index in [-0.39, 0.29) is 0 Å². The molecule has 2 aromatic rings. The maximum absolute atomic E-state index is 10.2. The van der Waals surface area contributed by atoms with Crippen LogP contribution < -0.4 is 0 Å². The standard InChI is InChI=1S/C13H13NO/c15-10-4-3-5-11-8-9-14-13-7-2-1-6-12(11)13/h1-2,6-10H,3-5H2. The minimum Gasteiger partial charge on any atom is -0.303 e. The highest BCUT2D eigenvalue weighted by molar-refractivity contribution is 5.81. The molecule has 2 nitrogen and oxygen atoms in total. The first kappa shape index (κ1) is 9.84. The summed E-state index contributed by atoms with van der Waals surface area (Å²) in [5.74, 6) is 0. The molecule has 0 aliphatic carbocycles. The van der Waals surface area contributed by atoms with Gasteiger partial charge in [0.05, 0.1) is 5.52 Å². The Kier molecular flexibility index (Phi) is 3.08. The summed E-state index contributed by atoms with van der Waals surface area (Å²) in [6.45, 7) is 0. The Morgan fingerprint density at radius 2 is 2.07 bits per heavy atom. The van der Waals surface area contributed by atoms with Crippen LogP contribution in [0.25, 0.3) is 10.9 Å². The van der Waals surface area contributed by atoms with Gasteiger partial charge in [-0.25, -0.2) is 0 Å². The van der Waals surface area contributed by atoms with Gasteiger partial charge in [-0.3, -0.25) is 4.98 Å². The van der Waals surface area contributed by atoms with Gasteiger partial charge in [-0.15, -0.1) is 0 Å². The van der Waals surface area contributed by atoms with E-state index in [1.54, 1.807) is 0 Å². The molecule has 0 N–H and O–H groups in total. The number of hydrogen-bond acceptors (Lipinski definition) is 2. The number of carbonyl (C=O) groups excluding carboxylic acids is 1. The van der Waals surface area contributed by atoms with Crippen LogP contribution in [-0.4, -0.2) is 11.3 Å². The highest BCUT2D eigenvalue weighted by Gasteiger charge is 2.00. The zero-order valence-corrected chi connectivity index (χ0v) is 8.52. The molecule has 1 aromatic carbocycles. The van der Waals surface area contributed by atoms with Gasteiger partial charge >= 0.3 is 0 Å². The van der Waals surface area contributed by atoms with Gasteiger partial charge in [-0.05, 0) is 30.5 Å². The number of rotatable bonds is 4. The molecule has 0 radical (unpaired) electrons. The predicted molar refractivity (Wildman–Crippen MR) is 60.7 cm³/mol. The summed E-state index contributed by atoms with van der Waals surface area (Å²) in [5.41, 5.74) is 2.31. The molecular formula is C13H13NO. The summed E-state index contributed by atoms with van der Waals surface area (Å²) in [7, 11) is 0. The fourth-order valence-corrected chi connectivity index (χ4v) is 1.75. The zero-order chi connectivity index (χ0) is 10.5. The van der Waals surface area contributed by atoms with Crippen molar-refractivity contribution in [2.24, 2.45) is 0 Å². The Morgan fingerprint density at radius 3 is 2.93 bits per heavy atom. The Labute approximate surface area is 89.0 Å². The molecule has 0 amide bonds. The van der Waals surface area contributed by atoms with Crippen molar-refractivity contribution in [2.45, 2.75) is 19.3 Å². The van der Waals surface area contributed by atoms with E-state index in [1.165, 1.54) is 10.9 Å². The van der Waals surface area contributed by atoms with E-state index in [0.29, 0.717) is 6.42 Å². The molecule has 2 heteroatoms. The Bertz CT molecular complexity index is 460. The molecule has 2 rings (SSSR count). The van der Waals surface area contributed by atoms with Crippen LogP contribution in [-0.2, 0) is 11.2 Å². The second kappa shape index (κ2) is 4.69. The van der Waals surface area contributed by atoms with Gasteiger partial charge in [-0.2, -0.15) is 0 Å². The summed E-state index contributed by atoms with van der Waals surface area (Å²) in [5, 5.41) is 1.20. The monoisotopic (exact) mass is 199 g/mol. The maximum Gasteiger partial charge on any atom is 0.120 e. The summed E-state index contributed by atoms with van der Waals surface area (Å²) in [6.07, 6.45) is 5.30. The van der Waals surface area contributed by atoms with Crippen molar-refractivity contribution in [1.82, 2.24) is 4.98 Å². The van der Waals surface area contributed by atoms with E-state index in [9.17, 15) is 4.79 Å². The third-order valence-corrected chi connectivity index (χ3v) is 2.51. The van der Waals surface area contributed by atoms with Crippen molar-refractivity contribution >= 4 is 17.2 Å². The molecular weight excluding hydrogens is 186 g/mol. The van der Waals surface area contributed by atoms with Crippen molar-refractivity contribution in [1.29, 1.82) is 0 Å². The van der Waals surface area contributed by atoms with Crippen molar-refractivity contribution < 1.29 is 4.79 Å². The van der Waals surface area contributed by atoms with Crippen molar-refractivity contribution in [3.63, 3.8) is 0 Å². The lowest BCUT2D eigenvalue weighted by molar-refractivity contribution is -0.107. The molecule has 0 bridgehead atoms. The van der Waals surface area contributed by atoms with Crippen LogP contribution in [0.2, 0.25) is 0 Å². The third kappa shape index (κ3) is 2.21. The van der Waals surface area contributed by atoms with Crippen LogP contribution in [0.3, 0.4) is 0 Å². The van der Waals surface area contributed by atoms with Crippen molar-refractivity contribution in [3.05, 3.63) is 42.1 Å². The molecule has 0 saturated carbocycles. The summed E-state index contributed by atoms with van der Waals surface area (Å²) in [4.78, 5) is 14.5.